The van der Waals surface area contributed by atoms with Gasteiger partial charge in [-0.15, -0.1) is 0 Å². The third-order valence-corrected chi connectivity index (χ3v) is 4.59. The standard InChI is InChI=1S/C19H24N4O3/c1-2-11-23-16(8-10-20-23)19(26)22-12-9-15(17(24)13-22)21-18(25)14-6-4-3-5-7-14/h3-8,10,15,17,24H,2,9,11-13H2,1H3,(H,21,25)/t15-,17-/m1/s1. The van der Waals surface area contributed by atoms with Gasteiger partial charge in [0.25, 0.3) is 11.8 Å². The maximum atomic E-state index is 12.7. The van der Waals surface area contributed by atoms with E-state index in [-0.39, 0.29) is 24.4 Å². The lowest BCUT2D eigenvalue weighted by Crippen LogP contribution is -2.55. The van der Waals surface area contributed by atoms with E-state index in [0.29, 0.717) is 30.8 Å². The highest BCUT2D eigenvalue weighted by molar-refractivity contribution is 5.94. The van der Waals surface area contributed by atoms with Crippen molar-refractivity contribution in [1.29, 1.82) is 0 Å². The molecule has 3 rings (SSSR count). The maximum absolute atomic E-state index is 12.7. The molecule has 0 saturated carbocycles. The molecule has 2 aromatic rings. The molecule has 2 N–H and O–H groups in total. The summed E-state index contributed by atoms with van der Waals surface area (Å²) >= 11 is 0. The molecule has 1 aromatic carbocycles. The molecule has 0 radical (unpaired) electrons. The van der Waals surface area contributed by atoms with Gasteiger partial charge in [-0.05, 0) is 31.0 Å². The van der Waals surface area contributed by atoms with Crippen LogP contribution in [0.25, 0.3) is 0 Å². The van der Waals surface area contributed by atoms with Crippen LogP contribution in [0, 0.1) is 0 Å². The number of hydrogen-bond donors (Lipinski definition) is 2. The van der Waals surface area contributed by atoms with Crippen LogP contribution in [0.2, 0.25) is 0 Å². The second-order valence-electron chi connectivity index (χ2n) is 6.49. The summed E-state index contributed by atoms with van der Waals surface area (Å²) in [5.74, 6) is -0.349. The van der Waals surface area contributed by atoms with Crippen molar-refractivity contribution in [3.05, 3.63) is 53.9 Å². The summed E-state index contributed by atoms with van der Waals surface area (Å²) in [6.45, 7) is 3.38. The molecule has 1 fully saturated rings. The van der Waals surface area contributed by atoms with Crippen molar-refractivity contribution >= 4 is 11.8 Å². The summed E-state index contributed by atoms with van der Waals surface area (Å²) in [6, 6.07) is 10.2. The number of rotatable bonds is 5. The number of likely N-dealkylation sites (tertiary alicyclic amines) is 1. The number of nitrogens with one attached hydrogen (secondary N) is 1. The largest absolute Gasteiger partial charge is 0.389 e. The molecule has 7 heteroatoms. The van der Waals surface area contributed by atoms with Crippen LogP contribution in [0.15, 0.2) is 42.6 Å². The number of β-amino-alcohol motifs (C(OH)–C–C–N with tert-alkyl or cyclic N) is 1. The number of aliphatic hydroxyl groups is 1. The Balaban J connectivity index is 1.60. The average Bonchev–Trinajstić information content (AvgIpc) is 3.12. The highest BCUT2D eigenvalue weighted by Crippen LogP contribution is 2.15. The Kier molecular flexibility index (Phi) is 5.68. The Hall–Kier alpha value is -2.67. The quantitative estimate of drug-likeness (QED) is 0.845. The number of benzene rings is 1. The highest BCUT2D eigenvalue weighted by atomic mass is 16.3. The van der Waals surface area contributed by atoms with Gasteiger partial charge in [-0.3, -0.25) is 14.3 Å². The first kappa shape index (κ1) is 18.1. The summed E-state index contributed by atoms with van der Waals surface area (Å²) in [5.41, 5.74) is 1.09. The van der Waals surface area contributed by atoms with Gasteiger partial charge in [0.2, 0.25) is 0 Å². The zero-order valence-corrected chi connectivity index (χ0v) is 14.8. The molecule has 0 unspecified atom stereocenters. The molecule has 2 atom stereocenters. The lowest BCUT2D eigenvalue weighted by atomic mass is 10.0. The molecule has 2 amide bonds. The van der Waals surface area contributed by atoms with Crippen LogP contribution < -0.4 is 5.32 Å². The Bertz CT molecular complexity index is 759. The first-order valence-electron chi connectivity index (χ1n) is 8.95. The van der Waals surface area contributed by atoms with Gasteiger partial charge in [0.15, 0.2) is 0 Å². The summed E-state index contributed by atoms with van der Waals surface area (Å²) in [4.78, 5) is 26.6. The van der Waals surface area contributed by atoms with E-state index in [2.05, 4.69) is 10.4 Å². The molecule has 7 nitrogen and oxygen atoms in total. The van der Waals surface area contributed by atoms with E-state index in [9.17, 15) is 14.7 Å². The Morgan fingerprint density at radius 3 is 2.73 bits per heavy atom. The minimum Gasteiger partial charge on any atom is -0.389 e. The molecule has 0 aliphatic carbocycles. The van der Waals surface area contributed by atoms with Crippen molar-refractivity contribution in [2.45, 2.75) is 38.5 Å². The van der Waals surface area contributed by atoms with Gasteiger partial charge in [0.05, 0.1) is 12.1 Å². The number of aryl methyl sites for hydroxylation is 1. The molecule has 2 heterocycles. The van der Waals surface area contributed by atoms with Crippen molar-refractivity contribution in [3.8, 4) is 0 Å². The molecular formula is C19H24N4O3. The van der Waals surface area contributed by atoms with Gasteiger partial charge in [-0.25, -0.2) is 0 Å². The minimum atomic E-state index is -0.803. The average molecular weight is 356 g/mol. The van der Waals surface area contributed by atoms with E-state index in [4.69, 9.17) is 0 Å². The normalized spacial score (nSPS) is 20.0. The summed E-state index contributed by atoms with van der Waals surface area (Å²) < 4.78 is 1.69. The zero-order valence-electron chi connectivity index (χ0n) is 14.8. The molecule has 0 bridgehead atoms. The number of aromatic nitrogens is 2. The van der Waals surface area contributed by atoms with Crippen molar-refractivity contribution < 1.29 is 14.7 Å². The van der Waals surface area contributed by atoms with Crippen LogP contribution in [0.1, 0.15) is 40.6 Å². The third kappa shape index (κ3) is 3.94. The van der Waals surface area contributed by atoms with E-state index in [1.54, 1.807) is 46.1 Å². The number of aliphatic hydroxyl groups excluding tert-OH is 1. The van der Waals surface area contributed by atoms with Crippen molar-refractivity contribution in [2.24, 2.45) is 0 Å². The monoisotopic (exact) mass is 356 g/mol. The van der Waals surface area contributed by atoms with E-state index >= 15 is 0 Å². The second-order valence-corrected chi connectivity index (χ2v) is 6.49. The number of amides is 2. The summed E-state index contributed by atoms with van der Waals surface area (Å²) in [6.07, 6.45) is 2.21. The minimum absolute atomic E-state index is 0.136. The van der Waals surface area contributed by atoms with Gasteiger partial charge in [-0.2, -0.15) is 5.10 Å². The molecule has 1 aromatic heterocycles. The molecule has 26 heavy (non-hydrogen) atoms. The number of carbonyl (C=O) groups excluding carboxylic acids is 2. The topological polar surface area (TPSA) is 87.5 Å². The molecule has 1 saturated heterocycles. The lowest BCUT2D eigenvalue weighted by molar-refractivity contribution is 0.0307. The first-order chi connectivity index (χ1) is 12.6. The molecule has 0 spiro atoms. The summed E-state index contributed by atoms with van der Waals surface area (Å²) in [7, 11) is 0. The predicted octanol–water partition coefficient (Wildman–Crippen LogP) is 1.30. The maximum Gasteiger partial charge on any atom is 0.272 e. The van der Waals surface area contributed by atoms with Crippen LogP contribution >= 0.6 is 0 Å². The third-order valence-electron chi connectivity index (χ3n) is 4.59. The zero-order chi connectivity index (χ0) is 18.5. The lowest BCUT2D eigenvalue weighted by Gasteiger charge is -2.36. The van der Waals surface area contributed by atoms with Crippen molar-refractivity contribution in [1.82, 2.24) is 20.0 Å². The van der Waals surface area contributed by atoms with Gasteiger partial charge in [-0.1, -0.05) is 25.1 Å². The molecule has 1 aliphatic rings. The van der Waals surface area contributed by atoms with E-state index < -0.39 is 6.10 Å². The van der Waals surface area contributed by atoms with Gasteiger partial charge < -0.3 is 15.3 Å². The predicted molar refractivity (Wildman–Crippen MR) is 96.7 cm³/mol. The Morgan fingerprint density at radius 1 is 1.27 bits per heavy atom. The SMILES string of the molecule is CCCn1nccc1C(=O)N1CC[C@@H](NC(=O)c2ccccc2)[C@H](O)C1. The Labute approximate surface area is 152 Å². The summed E-state index contributed by atoms with van der Waals surface area (Å²) in [5, 5.41) is 17.5. The van der Waals surface area contributed by atoms with Crippen LogP contribution in [0.3, 0.4) is 0 Å². The van der Waals surface area contributed by atoms with Gasteiger partial charge in [0, 0.05) is 31.4 Å². The van der Waals surface area contributed by atoms with Crippen LogP contribution in [-0.4, -0.2) is 56.8 Å². The highest BCUT2D eigenvalue weighted by Gasteiger charge is 2.32. The molecule has 138 valence electrons. The van der Waals surface area contributed by atoms with E-state index in [1.165, 1.54) is 0 Å². The van der Waals surface area contributed by atoms with Crippen molar-refractivity contribution in [2.75, 3.05) is 13.1 Å². The van der Waals surface area contributed by atoms with E-state index in [0.717, 1.165) is 6.42 Å². The second kappa shape index (κ2) is 8.14. The van der Waals surface area contributed by atoms with Crippen LogP contribution in [0.4, 0.5) is 0 Å². The molecular weight excluding hydrogens is 332 g/mol. The fourth-order valence-corrected chi connectivity index (χ4v) is 3.19. The fraction of sp³-hybridized carbons (Fsp3) is 0.421. The fourth-order valence-electron chi connectivity index (χ4n) is 3.19. The van der Waals surface area contributed by atoms with Crippen LogP contribution in [0.5, 0.6) is 0 Å². The van der Waals surface area contributed by atoms with Crippen molar-refractivity contribution in [3.63, 3.8) is 0 Å². The van der Waals surface area contributed by atoms with Gasteiger partial charge in [0.1, 0.15) is 5.69 Å². The Morgan fingerprint density at radius 2 is 2.04 bits per heavy atom. The number of carbonyl (C=O) groups is 2. The van der Waals surface area contributed by atoms with Gasteiger partial charge >= 0.3 is 0 Å². The smallest absolute Gasteiger partial charge is 0.272 e. The molecule has 1 aliphatic heterocycles. The number of nitrogens with zero attached hydrogens (tertiary/aromatic N) is 3. The first-order valence-corrected chi connectivity index (χ1v) is 8.95. The number of hydrogen-bond acceptors (Lipinski definition) is 4. The van der Waals surface area contributed by atoms with E-state index in [1.807, 2.05) is 13.0 Å². The van der Waals surface area contributed by atoms with Crippen LogP contribution in [-0.2, 0) is 6.54 Å². The number of piperidine rings is 1.